The van der Waals surface area contributed by atoms with Crippen LogP contribution in [0.3, 0.4) is 0 Å². The van der Waals surface area contributed by atoms with Gasteiger partial charge >= 0.3 is 0 Å². The van der Waals surface area contributed by atoms with Crippen LogP contribution in [-0.4, -0.2) is 13.1 Å². The van der Waals surface area contributed by atoms with E-state index in [0.717, 1.165) is 18.5 Å². The van der Waals surface area contributed by atoms with Gasteiger partial charge in [-0.15, -0.1) is 0 Å². The van der Waals surface area contributed by atoms with Crippen molar-refractivity contribution in [1.82, 2.24) is 5.32 Å². The van der Waals surface area contributed by atoms with E-state index in [1.54, 1.807) is 0 Å². The van der Waals surface area contributed by atoms with E-state index in [4.69, 9.17) is 5.73 Å². The number of fused-ring (bicyclic) bond motifs is 1. The molecule has 0 aromatic heterocycles. The number of hydrogen-bond donors (Lipinski definition) is 2. The molecule has 1 aromatic carbocycles. The van der Waals surface area contributed by atoms with Gasteiger partial charge in [0.05, 0.1) is 0 Å². The summed E-state index contributed by atoms with van der Waals surface area (Å²) in [6, 6.07) is 6.85. The highest BCUT2D eigenvalue weighted by Gasteiger charge is 2.18. The maximum absolute atomic E-state index is 5.93. The Balaban J connectivity index is 2.32. The third-order valence-corrected chi connectivity index (χ3v) is 2.93. The van der Waals surface area contributed by atoms with Crippen LogP contribution in [0.4, 0.5) is 5.69 Å². The van der Waals surface area contributed by atoms with Gasteiger partial charge in [0.15, 0.2) is 0 Å². The molecule has 13 heavy (non-hydrogen) atoms. The number of likely N-dealkylation sites (N-methyl/N-ethyl adjacent to an activating group) is 1. The fraction of sp³-hybridized carbons (Fsp3) is 0.455. The molecule has 0 aliphatic heterocycles. The molecule has 2 rings (SSSR count). The molecule has 0 bridgehead atoms. The minimum atomic E-state index is 0.609. The van der Waals surface area contributed by atoms with Gasteiger partial charge in [-0.05, 0) is 43.5 Å². The molecule has 0 radical (unpaired) electrons. The number of rotatable bonds is 1. The number of benzene rings is 1. The molecule has 1 aliphatic rings. The molecule has 1 aliphatic carbocycles. The zero-order valence-corrected chi connectivity index (χ0v) is 8.01. The molecular formula is C11H16N2. The Bertz CT molecular complexity index is 307. The molecule has 0 heterocycles. The van der Waals surface area contributed by atoms with Gasteiger partial charge in [-0.1, -0.05) is 12.1 Å². The number of nitrogens with one attached hydrogen (secondary N) is 1. The van der Waals surface area contributed by atoms with E-state index in [9.17, 15) is 0 Å². The van der Waals surface area contributed by atoms with Gasteiger partial charge in [0, 0.05) is 11.7 Å². The molecule has 2 nitrogen and oxygen atoms in total. The van der Waals surface area contributed by atoms with Crippen molar-refractivity contribution in [2.45, 2.75) is 25.3 Å². The zero-order chi connectivity index (χ0) is 9.26. The van der Waals surface area contributed by atoms with Crippen molar-refractivity contribution in [3.63, 3.8) is 0 Å². The molecule has 0 saturated heterocycles. The first-order valence-electron chi connectivity index (χ1n) is 4.84. The fourth-order valence-electron chi connectivity index (χ4n) is 2.06. The summed E-state index contributed by atoms with van der Waals surface area (Å²) >= 11 is 0. The van der Waals surface area contributed by atoms with Crippen LogP contribution in [0, 0.1) is 0 Å². The van der Waals surface area contributed by atoms with Crippen LogP contribution in [-0.2, 0) is 12.8 Å². The van der Waals surface area contributed by atoms with Gasteiger partial charge in [-0.2, -0.15) is 0 Å². The first-order valence-corrected chi connectivity index (χ1v) is 4.84. The Hall–Kier alpha value is -1.02. The Labute approximate surface area is 79.1 Å². The topological polar surface area (TPSA) is 38.0 Å². The molecule has 0 fully saturated rings. The second-order valence-corrected chi connectivity index (χ2v) is 3.71. The lowest BCUT2D eigenvalue weighted by atomic mass is 9.87. The fourth-order valence-corrected chi connectivity index (χ4v) is 2.06. The van der Waals surface area contributed by atoms with Gasteiger partial charge in [0.25, 0.3) is 0 Å². The summed E-state index contributed by atoms with van der Waals surface area (Å²) < 4.78 is 0. The molecule has 0 amide bonds. The maximum Gasteiger partial charge on any atom is 0.0349 e. The maximum atomic E-state index is 5.93. The molecule has 3 N–H and O–H groups in total. The summed E-state index contributed by atoms with van der Waals surface area (Å²) in [6.07, 6.45) is 3.47. The Morgan fingerprint density at radius 1 is 1.46 bits per heavy atom. The normalized spacial score (nSPS) is 21.2. The summed E-state index contributed by atoms with van der Waals surface area (Å²) in [5.41, 5.74) is 9.68. The van der Waals surface area contributed by atoms with Crippen LogP contribution in [0.1, 0.15) is 17.5 Å². The molecule has 0 spiro atoms. The summed E-state index contributed by atoms with van der Waals surface area (Å²) in [7, 11) is 2.02. The standard InChI is InChI=1S/C11H16N2/c1-13-9-6-5-8-3-2-4-11(12)10(8)7-9/h2-4,9,13H,5-7,12H2,1H3. The Morgan fingerprint density at radius 2 is 2.31 bits per heavy atom. The first kappa shape index (κ1) is 8.57. The Kier molecular flexibility index (Phi) is 2.23. The van der Waals surface area contributed by atoms with Crippen LogP contribution in [0.5, 0.6) is 0 Å². The Morgan fingerprint density at radius 3 is 3.08 bits per heavy atom. The van der Waals surface area contributed by atoms with E-state index in [0.29, 0.717) is 6.04 Å². The third kappa shape index (κ3) is 1.54. The highest BCUT2D eigenvalue weighted by atomic mass is 14.9. The minimum Gasteiger partial charge on any atom is -0.398 e. The number of aryl methyl sites for hydroxylation is 1. The van der Waals surface area contributed by atoms with E-state index in [1.807, 2.05) is 19.2 Å². The van der Waals surface area contributed by atoms with Crippen molar-refractivity contribution in [3.8, 4) is 0 Å². The number of anilines is 1. The van der Waals surface area contributed by atoms with Crippen molar-refractivity contribution < 1.29 is 0 Å². The van der Waals surface area contributed by atoms with Gasteiger partial charge < -0.3 is 11.1 Å². The van der Waals surface area contributed by atoms with Crippen molar-refractivity contribution in [2.75, 3.05) is 12.8 Å². The van der Waals surface area contributed by atoms with Crippen LogP contribution in [0.15, 0.2) is 18.2 Å². The van der Waals surface area contributed by atoms with Crippen molar-refractivity contribution >= 4 is 5.69 Å². The van der Waals surface area contributed by atoms with E-state index in [-0.39, 0.29) is 0 Å². The molecule has 1 atom stereocenters. The van der Waals surface area contributed by atoms with Crippen LogP contribution in [0.2, 0.25) is 0 Å². The monoisotopic (exact) mass is 176 g/mol. The zero-order valence-electron chi connectivity index (χ0n) is 8.01. The van der Waals surface area contributed by atoms with Crippen molar-refractivity contribution in [1.29, 1.82) is 0 Å². The number of nitrogens with two attached hydrogens (primary N) is 1. The van der Waals surface area contributed by atoms with Crippen LogP contribution in [0.25, 0.3) is 0 Å². The van der Waals surface area contributed by atoms with Gasteiger partial charge in [0.1, 0.15) is 0 Å². The second kappa shape index (κ2) is 3.38. The summed E-state index contributed by atoms with van der Waals surface area (Å²) in [6.45, 7) is 0. The molecule has 70 valence electrons. The lowest BCUT2D eigenvalue weighted by Gasteiger charge is -2.25. The minimum absolute atomic E-state index is 0.609. The summed E-state index contributed by atoms with van der Waals surface area (Å²) in [5.74, 6) is 0. The molecule has 1 aromatic rings. The second-order valence-electron chi connectivity index (χ2n) is 3.71. The lowest BCUT2D eigenvalue weighted by Crippen LogP contribution is -2.31. The van der Waals surface area contributed by atoms with Gasteiger partial charge in [-0.3, -0.25) is 0 Å². The SMILES string of the molecule is CNC1CCc2cccc(N)c2C1. The average Bonchev–Trinajstić information content (AvgIpc) is 2.18. The number of nitrogen functional groups attached to an aromatic ring is 1. The molecule has 0 saturated carbocycles. The lowest BCUT2D eigenvalue weighted by molar-refractivity contribution is 0.497. The van der Waals surface area contributed by atoms with E-state index in [2.05, 4.69) is 11.4 Å². The van der Waals surface area contributed by atoms with Crippen molar-refractivity contribution in [2.24, 2.45) is 0 Å². The van der Waals surface area contributed by atoms with Gasteiger partial charge in [0.2, 0.25) is 0 Å². The van der Waals surface area contributed by atoms with Crippen LogP contribution >= 0.6 is 0 Å². The summed E-state index contributed by atoms with van der Waals surface area (Å²) in [4.78, 5) is 0. The van der Waals surface area contributed by atoms with Crippen molar-refractivity contribution in [3.05, 3.63) is 29.3 Å². The molecular weight excluding hydrogens is 160 g/mol. The van der Waals surface area contributed by atoms with E-state index < -0.39 is 0 Å². The number of hydrogen-bond acceptors (Lipinski definition) is 2. The highest BCUT2D eigenvalue weighted by molar-refractivity contribution is 5.52. The average molecular weight is 176 g/mol. The molecule has 2 heteroatoms. The smallest absolute Gasteiger partial charge is 0.0349 e. The summed E-state index contributed by atoms with van der Waals surface area (Å²) in [5, 5.41) is 3.32. The first-order chi connectivity index (χ1) is 6.31. The highest BCUT2D eigenvalue weighted by Crippen LogP contribution is 2.25. The molecule has 1 unspecified atom stereocenters. The quantitative estimate of drug-likeness (QED) is 0.634. The third-order valence-electron chi connectivity index (χ3n) is 2.93. The van der Waals surface area contributed by atoms with E-state index in [1.165, 1.54) is 17.5 Å². The predicted octanol–water partition coefficient (Wildman–Crippen LogP) is 1.35. The van der Waals surface area contributed by atoms with Gasteiger partial charge in [-0.25, -0.2) is 0 Å². The predicted molar refractivity (Wildman–Crippen MR) is 55.7 cm³/mol. The van der Waals surface area contributed by atoms with Crippen LogP contribution < -0.4 is 11.1 Å². The van der Waals surface area contributed by atoms with E-state index >= 15 is 0 Å². The largest absolute Gasteiger partial charge is 0.398 e.